The zero-order valence-corrected chi connectivity index (χ0v) is 21.0. The molecule has 3 aliphatic rings. The predicted octanol–water partition coefficient (Wildman–Crippen LogP) is 2.15. The van der Waals surface area contributed by atoms with Gasteiger partial charge in [0.05, 0.1) is 12.3 Å². The van der Waals surface area contributed by atoms with E-state index in [1.807, 2.05) is 4.90 Å². The van der Waals surface area contributed by atoms with Gasteiger partial charge in [0.25, 0.3) is 0 Å². The number of aromatic nitrogens is 2. The van der Waals surface area contributed by atoms with Gasteiger partial charge >= 0.3 is 12.1 Å². The Labute approximate surface area is 192 Å². The summed E-state index contributed by atoms with van der Waals surface area (Å²) in [5.41, 5.74) is 2.18. The average molecular weight is 463 g/mol. The third kappa shape index (κ3) is 5.71. The van der Waals surface area contributed by atoms with Crippen LogP contribution in [0.15, 0.2) is 0 Å². The number of rotatable bonds is 7. The standard InChI is InChI=1S/C22H38N6O3Si/c1-26-7-5-6-17(26)16-31-21-24-19-15-23-14-18(19)20(25-21)27-8-10-28(11-9-27)22(29)30-12-13-32(2,3)4/h17,23H,5-16H2,1-4H3/t17-/m0/s1. The number of likely N-dealkylation sites (N-methyl/N-ethyl adjacent to an activating group) is 1. The van der Waals surface area contributed by atoms with Crippen molar-refractivity contribution in [2.75, 3.05) is 57.9 Å². The molecule has 1 aromatic heterocycles. The Morgan fingerprint density at radius 3 is 2.59 bits per heavy atom. The number of hydrogen-bond donors (Lipinski definition) is 1. The molecule has 0 radical (unpaired) electrons. The Morgan fingerprint density at radius 2 is 1.91 bits per heavy atom. The number of carbonyl (C=O) groups is 1. The van der Waals surface area contributed by atoms with Crippen LogP contribution in [0.25, 0.3) is 0 Å². The van der Waals surface area contributed by atoms with Gasteiger partial charge in [-0.2, -0.15) is 9.97 Å². The summed E-state index contributed by atoms with van der Waals surface area (Å²) < 4.78 is 11.6. The molecular weight excluding hydrogens is 424 g/mol. The largest absolute Gasteiger partial charge is 0.462 e. The Balaban J connectivity index is 1.35. The van der Waals surface area contributed by atoms with Gasteiger partial charge in [-0.15, -0.1) is 0 Å². The molecule has 0 unspecified atom stereocenters. The lowest BCUT2D eigenvalue weighted by molar-refractivity contribution is 0.104. The van der Waals surface area contributed by atoms with E-state index in [0.29, 0.717) is 38.4 Å². The maximum atomic E-state index is 12.4. The molecule has 9 nitrogen and oxygen atoms in total. The van der Waals surface area contributed by atoms with Crippen molar-refractivity contribution >= 4 is 20.0 Å². The summed E-state index contributed by atoms with van der Waals surface area (Å²) in [6, 6.07) is 1.90. The number of anilines is 1. The summed E-state index contributed by atoms with van der Waals surface area (Å²) in [4.78, 5) is 28.3. The fourth-order valence-corrected chi connectivity index (χ4v) is 5.17. The fourth-order valence-electron chi connectivity index (χ4n) is 4.45. The Hall–Kier alpha value is -1.91. The van der Waals surface area contributed by atoms with Crippen LogP contribution in [0.1, 0.15) is 24.1 Å². The molecule has 0 bridgehead atoms. The number of nitrogens with zero attached hydrogens (tertiary/aromatic N) is 5. The predicted molar refractivity (Wildman–Crippen MR) is 127 cm³/mol. The maximum absolute atomic E-state index is 12.4. The van der Waals surface area contributed by atoms with Gasteiger partial charge < -0.3 is 29.5 Å². The lowest BCUT2D eigenvalue weighted by atomic mass is 10.2. The summed E-state index contributed by atoms with van der Waals surface area (Å²) in [5.74, 6) is 0.946. The van der Waals surface area contributed by atoms with Gasteiger partial charge in [0.15, 0.2) is 0 Å². The molecule has 1 amide bonds. The number of nitrogens with one attached hydrogen (secondary N) is 1. The zero-order chi connectivity index (χ0) is 22.7. The molecule has 1 aromatic rings. The van der Waals surface area contributed by atoms with Crippen LogP contribution in [0, 0.1) is 0 Å². The molecule has 4 rings (SSSR count). The summed E-state index contributed by atoms with van der Waals surface area (Å²) in [6.07, 6.45) is 2.18. The zero-order valence-electron chi connectivity index (χ0n) is 20.0. The summed E-state index contributed by atoms with van der Waals surface area (Å²) in [7, 11) is 0.946. The molecule has 1 N–H and O–H groups in total. The molecule has 0 aliphatic carbocycles. The molecular formula is C22H38N6O3Si. The number of likely N-dealkylation sites (tertiary alicyclic amines) is 1. The van der Waals surface area contributed by atoms with E-state index < -0.39 is 8.07 Å². The highest BCUT2D eigenvalue weighted by Gasteiger charge is 2.29. The first-order valence-corrected chi connectivity index (χ1v) is 15.6. The third-order valence-electron chi connectivity index (χ3n) is 6.64. The second kappa shape index (κ2) is 9.92. The Morgan fingerprint density at radius 1 is 1.12 bits per heavy atom. The van der Waals surface area contributed by atoms with Crippen molar-refractivity contribution in [2.45, 2.75) is 57.7 Å². The normalized spacial score (nSPS) is 21.7. The molecule has 2 saturated heterocycles. The van der Waals surface area contributed by atoms with Gasteiger partial charge in [-0.1, -0.05) is 19.6 Å². The van der Waals surface area contributed by atoms with Gasteiger partial charge in [0.2, 0.25) is 0 Å². The second-order valence-electron chi connectivity index (χ2n) is 10.3. The van der Waals surface area contributed by atoms with Gasteiger partial charge in [0.1, 0.15) is 12.4 Å². The Bertz CT molecular complexity index is 810. The highest BCUT2D eigenvalue weighted by atomic mass is 28.3. The van der Waals surface area contributed by atoms with Crippen LogP contribution in [0.3, 0.4) is 0 Å². The average Bonchev–Trinajstić information content (AvgIpc) is 3.39. The highest BCUT2D eigenvalue weighted by Crippen LogP contribution is 2.28. The number of hydrogen-bond acceptors (Lipinski definition) is 8. The van der Waals surface area contributed by atoms with E-state index in [0.717, 1.165) is 62.3 Å². The van der Waals surface area contributed by atoms with Gasteiger partial charge in [-0.3, -0.25) is 0 Å². The molecule has 0 saturated carbocycles. The summed E-state index contributed by atoms with van der Waals surface area (Å²) in [6.45, 7) is 13.4. The van der Waals surface area contributed by atoms with Crippen molar-refractivity contribution in [3.8, 4) is 6.01 Å². The highest BCUT2D eigenvalue weighted by molar-refractivity contribution is 6.76. The van der Waals surface area contributed by atoms with E-state index in [1.165, 1.54) is 6.42 Å². The number of piperazine rings is 1. The molecule has 178 valence electrons. The van der Waals surface area contributed by atoms with Gasteiger partial charge in [-0.25, -0.2) is 4.79 Å². The minimum absolute atomic E-state index is 0.192. The minimum Gasteiger partial charge on any atom is -0.462 e. The smallest absolute Gasteiger partial charge is 0.409 e. The lowest BCUT2D eigenvalue weighted by Gasteiger charge is -2.35. The van der Waals surface area contributed by atoms with E-state index in [4.69, 9.17) is 14.5 Å². The molecule has 10 heteroatoms. The van der Waals surface area contributed by atoms with Crippen molar-refractivity contribution in [1.82, 2.24) is 25.1 Å². The third-order valence-corrected chi connectivity index (χ3v) is 8.34. The number of carbonyl (C=O) groups excluding carboxylic acids is 1. The van der Waals surface area contributed by atoms with Crippen LogP contribution in [0.2, 0.25) is 25.7 Å². The van der Waals surface area contributed by atoms with E-state index in [2.05, 4.69) is 46.8 Å². The van der Waals surface area contributed by atoms with Crippen molar-refractivity contribution in [3.05, 3.63) is 11.3 Å². The van der Waals surface area contributed by atoms with Crippen molar-refractivity contribution in [2.24, 2.45) is 0 Å². The molecule has 32 heavy (non-hydrogen) atoms. The lowest BCUT2D eigenvalue weighted by Crippen LogP contribution is -2.49. The van der Waals surface area contributed by atoms with E-state index in [9.17, 15) is 4.79 Å². The molecule has 3 aliphatic heterocycles. The monoisotopic (exact) mass is 462 g/mol. The molecule has 2 fully saturated rings. The van der Waals surface area contributed by atoms with Crippen LogP contribution >= 0.6 is 0 Å². The topological polar surface area (TPSA) is 83.1 Å². The second-order valence-corrected chi connectivity index (χ2v) is 16.0. The molecule has 0 spiro atoms. The first-order valence-electron chi connectivity index (χ1n) is 11.9. The minimum atomic E-state index is -1.20. The van der Waals surface area contributed by atoms with Crippen LogP contribution in [-0.4, -0.2) is 93.0 Å². The maximum Gasteiger partial charge on any atom is 0.409 e. The quantitative estimate of drug-likeness (QED) is 0.617. The van der Waals surface area contributed by atoms with Crippen LogP contribution in [0.4, 0.5) is 10.6 Å². The van der Waals surface area contributed by atoms with Gasteiger partial charge in [-0.05, 0) is 32.5 Å². The van der Waals surface area contributed by atoms with Crippen molar-refractivity contribution in [3.63, 3.8) is 0 Å². The van der Waals surface area contributed by atoms with E-state index in [1.54, 1.807) is 0 Å². The van der Waals surface area contributed by atoms with Gasteiger partial charge in [0, 0.05) is 58.9 Å². The van der Waals surface area contributed by atoms with Crippen LogP contribution < -0.4 is 15.0 Å². The molecule has 1 atom stereocenters. The number of ether oxygens (including phenoxy) is 2. The van der Waals surface area contributed by atoms with Crippen molar-refractivity contribution in [1.29, 1.82) is 0 Å². The molecule has 4 heterocycles. The van der Waals surface area contributed by atoms with Crippen molar-refractivity contribution < 1.29 is 14.3 Å². The first kappa shape index (κ1) is 23.3. The first-order chi connectivity index (χ1) is 15.3. The fraction of sp³-hybridized carbons (Fsp3) is 0.773. The van der Waals surface area contributed by atoms with Crippen LogP contribution in [-0.2, 0) is 17.8 Å². The number of amides is 1. The summed E-state index contributed by atoms with van der Waals surface area (Å²) >= 11 is 0. The van der Waals surface area contributed by atoms with E-state index in [-0.39, 0.29) is 6.09 Å². The molecule has 0 aromatic carbocycles. The van der Waals surface area contributed by atoms with Crippen LogP contribution in [0.5, 0.6) is 6.01 Å². The number of fused-ring (bicyclic) bond motifs is 1. The van der Waals surface area contributed by atoms with E-state index >= 15 is 0 Å². The Kier molecular flexibility index (Phi) is 7.21. The summed E-state index contributed by atoms with van der Waals surface area (Å²) in [5, 5.41) is 3.39. The SMILES string of the molecule is CN1CCC[C@H]1COc1nc2c(c(N3CCN(C(=O)OCC[Si](C)(C)C)CC3)n1)CNC2.